The molecule has 1 aliphatic heterocycles. The fourth-order valence-corrected chi connectivity index (χ4v) is 3.18. The molecule has 0 amide bonds. The Hall–Kier alpha value is -0.950. The van der Waals surface area contributed by atoms with Gasteiger partial charge in [-0.15, -0.1) is 0 Å². The van der Waals surface area contributed by atoms with E-state index in [1.165, 1.54) is 15.4 Å². The highest BCUT2D eigenvalue weighted by atomic mass is 32.2. The van der Waals surface area contributed by atoms with E-state index in [0.717, 1.165) is 31.5 Å². The minimum atomic E-state index is -3.38. The van der Waals surface area contributed by atoms with E-state index in [9.17, 15) is 8.42 Å². The van der Waals surface area contributed by atoms with E-state index in [-0.39, 0.29) is 0 Å². The van der Waals surface area contributed by atoms with Gasteiger partial charge in [0.05, 0.1) is 0 Å². The Morgan fingerprint density at radius 3 is 2.80 bits per heavy atom. The van der Waals surface area contributed by atoms with Crippen molar-refractivity contribution < 1.29 is 8.42 Å². The summed E-state index contributed by atoms with van der Waals surface area (Å²) in [6.45, 7) is 4.71. The molecule has 6 heteroatoms. The fraction of sp³-hybridized carbons (Fsp3) is 0.571. The second-order valence-corrected chi connectivity index (χ2v) is 7.07. The van der Waals surface area contributed by atoms with Gasteiger partial charge >= 0.3 is 0 Å². The Bertz CT molecular complexity index is 558. The first-order valence-electron chi connectivity index (χ1n) is 7.05. The lowest BCUT2D eigenvalue weighted by atomic mass is 10.1. The van der Waals surface area contributed by atoms with E-state index in [0.29, 0.717) is 13.1 Å². The van der Waals surface area contributed by atoms with Crippen molar-refractivity contribution in [3.8, 4) is 0 Å². The summed E-state index contributed by atoms with van der Waals surface area (Å²) in [5, 5.41) is 3.28. The predicted molar refractivity (Wildman–Crippen MR) is 80.3 cm³/mol. The second-order valence-electron chi connectivity index (χ2n) is 5.21. The minimum absolute atomic E-state index is 0.339. The summed E-state index contributed by atoms with van der Waals surface area (Å²) in [6.07, 6.45) is 1.86. The predicted octanol–water partition coefficient (Wildman–Crippen LogP) is 1.36. The zero-order chi connectivity index (χ0) is 14.6. The van der Waals surface area contributed by atoms with Crippen LogP contribution in [0, 0.1) is 0 Å². The van der Waals surface area contributed by atoms with Crippen LogP contribution in [0.2, 0.25) is 0 Å². The summed E-state index contributed by atoms with van der Waals surface area (Å²) in [6, 6.07) is 6.13. The topological polar surface area (TPSA) is 61.4 Å². The van der Waals surface area contributed by atoms with Gasteiger partial charge in [-0.25, -0.2) is 0 Å². The van der Waals surface area contributed by atoms with Crippen LogP contribution in [-0.4, -0.2) is 26.3 Å². The third kappa shape index (κ3) is 3.79. The molecule has 0 radical (unpaired) electrons. The van der Waals surface area contributed by atoms with E-state index in [2.05, 4.69) is 22.2 Å². The van der Waals surface area contributed by atoms with Gasteiger partial charge in [0.1, 0.15) is 0 Å². The van der Waals surface area contributed by atoms with Crippen LogP contribution >= 0.6 is 0 Å². The molecule has 1 aromatic carbocycles. The summed E-state index contributed by atoms with van der Waals surface area (Å²) in [5.74, 6) is 0. The Morgan fingerprint density at radius 1 is 1.30 bits per heavy atom. The molecule has 20 heavy (non-hydrogen) atoms. The maximum Gasteiger partial charge on any atom is 0.279 e. The smallest absolute Gasteiger partial charge is 0.279 e. The van der Waals surface area contributed by atoms with Gasteiger partial charge < -0.3 is 5.32 Å². The SMILES string of the molecule is CCCCN(C)S(=O)(=O)NCc1ccc2c(c1)CNC2. The average molecular weight is 297 g/mol. The van der Waals surface area contributed by atoms with Gasteiger partial charge in [0, 0.05) is 33.2 Å². The second kappa shape index (κ2) is 6.67. The van der Waals surface area contributed by atoms with Gasteiger partial charge in [0.25, 0.3) is 10.2 Å². The number of fused-ring (bicyclic) bond motifs is 1. The molecule has 1 heterocycles. The van der Waals surface area contributed by atoms with Crippen molar-refractivity contribution in [2.24, 2.45) is 0 Å². The molecular formula is C14H23N3O2S. The Kier molecular flexibility index (Phi) is 5.15. The Balaban J connectivity index is 1.94. The first-order valence-corrected chi connectivity index (χ1v) is 8.49. The molecule has 112 valence electrons. The van der Waals surface area contributed by atoms with Crippen molar-refractivity contribution in [1.82, 2.24) is 14.3 Å². The molecule has 0 unspecified atom stereocenters. The van der Waals surface area contributed by atoms with Crippen molar-refractivity contribution in [2.45, 2.75) is 39.4 Å². The molecule has 1 aliphatic rings. The van der Waals surface area contributed by atoms with E-state index in [1.807, 2.05) is 13.0 Å². The lowest BCUT2D eigenvalue weighted by molar-refractivity contribution is 0.448. The summed E-state index contributed by atoms with van der Waals surface area (Å²) in [4.78, 5) is 0. The van der Waals surface area contributed by atoms with E-state index in [4.69, 9.17) is 0 Å². The van der Waals surface area contributed by atoms with Crippen LogP contribution in [0.4, 0.5) is 0 Å². The van der Waals surface area contributed by atoms with E-state index >= 15 is 0 Å². The van der Waals surface area contributed by atoms with E-state index < -0.39 is 10.2 Å². The zero-order valence-corrected chi connectivity index (χ0v) is 13.0. The van der Waals surface area contributed by atoms with Crippen LogP contribution in [-0.2, 0) is 29.8 Å². The van der Waals surface area contributed by atoms with Gasteiger partial charge in [-0.2, -0.15) is 17.4 Å². The van der Waals surface area contributed by atoms with Crippen LogP contribution in [0.25, 0.3) is 0 Å². The average Bonchev–Trinajstić information content (AvgIpc) is 2.90. The maximum absolute atomic E-state index is 12.0. The minimum Gasteiger partial charge on any atom is -0.309 e. The Labute approximate surface area is 121 Å². The van der Waals surface area contributed by atoms with Gasteiger partial charge in [-0.1, -0.05) is 31.5 Å². The molecule has 0 atom stereocenters. The highest BCUT2D eigenvalue weighted by molar-refractivity contribution is 7.87. The number of rotatable bonds is 7. The monoisotopic (exact) mass is 297 g/mol. The highest BCUT2D eigenvalue weighted by Crippen LogP contribution is 2.17. The number of nitrogens with zero attached hydrogens (tertiary/aromatic N) is 1. The largest absolute Gasteiger partial charge is 0.309 e. The van der Waals surface area contributed by atoms with Crippen LogP contribution < -0.4 is 10.0 Å². The molecule has 2 N–H and O–H groups in total. The molecule has 0 aliphatic carbocycles. The molecular weight excluding hydrogens is 274 g/mol. The summed E-state index contributed by atoms with van der Waals surface area (Å²) in [5.41, 5.74) is 3.57. The third-order valence-corrected chi connectivity index (χ3v) is 5.11. The molecule has 0 fully saturated rings. The van der Waals surface area contributed by atoms with Crippen molar-refractivity contribution >= 4 is 10.2 Å². The quantitative estimate of drug-likeness (QED) is 0.799. The first-order chi connectivity index (χ1) is 9.53. The summed E-state index contributed by atoms with van der Waals surface area (Å²) in [7, 11) is -1.76. The molecule has 0 saturated heterocycles. The van der Waals surface area contributed by atoms with Crippen molar-refractivity contribution in [3.63, 3.8) is 0 Å². The van der Waals surface area contributed by atoms with Gasteiger partial charge in [-0.05, 0) is 23.1 Å². The molecule has 0 spiro atoms. The van der Waals surface area contributed by atoms with Crippen LogP contribution in [0.5, 0.6) is 0 Å². The number of hydrogen-bond donors (Lipinski definition) is 2. The summed E-state index contributed by atoms with van der Waals surface area (Å²) >= 11 is 0. The third-order valence-electron chi connectivity index (χ3n) is 3.60. The van der Waals surface area contributed by atoms with E-state index in [1.54, 1.807) is 7.05 Å². The lowest BCUT2D eigenvalue weighted by Gasteiger charge is -2.17. The Morgan fingerprint density at radius 2 is 2.05 bits per heavy atom. The fourth-order valence-electron chi connectivity index (χ4n) is 2.24. The van der Waals surface area contributed by atoms with Crippen LogP contribution in [0.15, 0.2) is 18.2 Å². The maximum atomic E-state index is 12.0. The van der Waals surface area contributed by atoms with Crippen molar-refractivity contribution in [1.29, 1.82) is 0 Å². The van der Waals surface area contributed by atoms with Gasteiger partial charge in [0.15, 0.2) is 0 Å². The summed E-state index contributed by atoms with van der Waals surface area (Å²) < 4.78 is 28.1. The molecule has 2 rings (SSSR count). The number of hydrogen-bond acceptors (Lipinski definition) is 3. The van der Waals surface area contributed by atoms with Crippen molar-refractivity contribution in [3.05, 3.63) is 34.9 Å². The number of unbranched alkanes of at least 4 members (excludes halogenated alkanes) is 1. The first kappa shape index (κ1) is 15.4. The molecule has 0 saturated carbocycles. The molecule has 5 nitrogen and oxygen atoms in total. The van der Waals surface area contributed by atoms with Crippen molar-refractivity contribution in [2.75, 3.05) is 13.6 Å². The molecule has 0 aromatic heterocycles. The van der Waals surface area contributed by atoms with Crippen LogP contribution in [0.1, 0.15) is 36.5 Å². The molecule has 1 aromatic rings. The number of nitrogens with one attached hydrogen (secondary N) is 2. The van der Waals surface area contributed by atoms with Gasteiger partial charge in [-0.3, -0.25) is 0 Å². The lowest BCUT2D eigenvalue weighted by Crippen LogP contribution is -2.38. The normalized spacial score (nSPS) is 14.8. The van der Waals surface area contributed by atoms with Crippen LogP contribution in [0.3, 0.4) is 0 Å². The standard InChI is InChI=1S/C14H23N3O2S/c1-3-4-7-17(2)20(18,19)16-9-12-5-6-13-10-15-11-14(13)8-12/h5-6,8,15-16H,3-4,7,9-11H2,1-2H3. The number of benzene rings is 1. The van der Waals surface area contributed by atoms with Gasteiger partial charge in [0.2, 0.25) is 0 Å². The zero-order valence-electron chi connectivity index (χ0n) is 12.1. The highest BCUT2D eigenvalue weighted by Gasteiger charge is 2.17. The molecule has 0 bridgehead atoms.